The average Bonchev–Trinajstić information content (AvgIpc) is 2.26. The number of rotatable bonds is 4. The predicted molar refractivity (Wildman–Crippen MR) is 65.8 cm³/mol. The summed E-state index contributed by atoms with van der Waals surface area (Å²) in [5.74, 6) is 0. The Bertz CT molecular complexity index is 460. The minimum absolute atomic E-state index is 0.338. The minimum Gasteiger partial charge on any atom is -0.207 e. The van der Waals surface area contributed by atoms with Crippen LogP contribution in [-0.4, -0.2) is 26.3 Å². The first-order chi connectivity index (χ1) is 7.48. The highest BCUT2D eigenvalue weighted by Gasteiger charge is 2.18. The van der Waals surface area contributed by atoms with Crippen LogP contribution in [0.1, 0.15) is 12.5 Å². The average molecular weight is 239 g/mol. The Morgan fingerprint density at radius 2 is 1.81 bits per heavy atom. The highest BCUT2D eigenvalue weighted by molar-refractivity contribution is 7.89. The number of nitrogens with zero attached hydrogens (tertiary/aromatic N) is 1. The third kappa shape index (κ3) is 2.93. The lowest BCUT2D eigenvalue weighted by atomic mass is 10.2. The number of benzene rings is 1. The van der Waals surface area contributed by atoms with Crippen molar-refractivity contribution in [3.8, 4) is 0 Å². The first-order valence-corrected chi connectivity index (χ1v) is 6.56. The van der Waals surface area contributed by atoms with Crippen molar-refractivity contribution < 1.29 is 8.42 Å². The zero-order valence-electron chi connectivity index (χ0n) is 9.84. The second kappa shape index (κ2) is 5.27. The third-order valence-corrected chi connectivity index (χ3v) is 4.16. The molecule has 0 atom stereocenters. The van der Waals surface area contributed by atoms with Gasteiger partial charge in [-0.05, 0) is 26.0 Å². The molecule has 0 N–H and O–H groups in total. The number of allylic oxidation sites excluding steroid dienone is 1. The van der Waals surface area contributed by atoms with E-state index in [2.05, 4.69) is 0 Å². The summed E-state index contributed by atoms with van der Waals surface area (Å²) in [7, 11) is -1.77. The van der Waals surface area contributed by atoms with Gasteiger partial charge in [-0.3, -0.25) is 0 Å². The van der Waals surface area contributed by atoms with Gasteiger partial charge in [-0.1, -0.05) is 29.8 Å². The summed E-state index contributed by atoms with van der Waals surface area (Å²) in [5, 5.41) is 0. The van der Waals surface area contributed by atoms with Gasteiger partial charge in [-0.15, -0.1) is 0 Å². The number of sulfonamides is 1. The van der Waals surface area contributed by atoms with Crippen molar-refractivity contribution in [3.63, 3.8) is 0 Å². The van der Waals surface area contributed by atoms with Crippen LogP contribution in [0.15, 0.2) is 41.3 Å². The Labute approximate surface area is 97.5 Å². The molecule has 0 fully saturated rings. The van der Waals surface area contributed by atoms with Gasteiger partial charge in [0.25, 0.3) is 0 Å². The van der Waals surface area contributed by atoms with Crippen LogP contribution in [-0.2, 0) is 10.0 Å². The molecule has 0 aromatic heterocycles. The Morgan fingerprint density at radius 3 is 2.31 bits per heavy atom. The van der Waals surface area contributed by atoms with Crippen molar-refractivity contribution in [2.75, 3.05) is 13.6 Å². The Balaban J connectivity index is 2.97. The standard InChI is InChI=1S/C12H17NO2S/c1-4-5-10-13(3)16(14,15)12-8-6-11(2)7-9-12/h4-9H,10H2,1-3H3/b5-4+. The van der Waals surface area contributed by atoms with Crippen LogP contribution in [0.2, 0.25) is 0 Å². The normalized spacial score (nSPS) is 12.5. The molecule has 3 nitrogen and oxygen atoms in total. The van der Waals surface area contributed by atoms with E-state index >= 15 is 0 Å². The third-order valence-electron chi connectivity index (χ3n) is 2.33. The van der Waals surface area contributed by atoms with Gasteiger partial charge in [0.1, 0.15) is 0 Å². The van der Waals surface area contributed by atoms with E-state index in [-0.39, 0.29) is 0 Å². The maximum Gasteiger partial charge on any atom is 0.243 e. The van der Waals surface area contributed by atoms with Crippen molar-refractivity contribution in [3.05, 3.63) is 42.0 Å². The topological polar surface area (TPSA) is 37.4 Å². The van der Waals surface area contributed by atoms with Crippen LogP contribution in [0.25, 0.3) is 0 Å². The maximum atomic E-state index is 12.0. The lowest BCUT2D eigenvalue weighted by Gasteiger charge is -2.15. The molecule has 0 aliphatic heterocycles. The molecular weight excluding hydrogens is 222 g/mol. The number of hydrogen-bond donors (Lipinski definition) is 0. The second-order valence-electron chi connectivity index (χ2n) is 3.67. The van der Waals surface area contributed by atoms with Gasteiger partial charge < -0.3 is 0 Å². The second-order valence-corrected chi connectivity index (χ2v) is 5.71. The van der Waals surface area contributed by atoms with E-state index in [9.17, 15) is 8.42 Å². The maximum absolute atomic E-state index is 12.0. The molecule has 88 valence electrons. The van der Waals surface area contributed by atoms with Crippen LogP contribution in [0.5, 0.6) is 0 Å². The van der Waals surface area contributed by atoms with E-state index in [1.807, 2.05) is 26.0 Å². The van der Waals surface area contributed by atoms with Crippen molar-refractivity contribution in [2.45, 2.75) is 18.7 Å². The highest BCUT2D eigenvalue weighted by atomic mass is 32.2. The summed E-state index contributed by atoms with van der Waals surface area (Å²) in [6.07, 6.45) is 3.65. The highest BCUT2D eigenvalue weighted by Crippen LogP contribution is 2.14. The molecule has 0 radical (unpaired) electrons. The van der Waals surface area contributed by atoms with E-state index in [0.29, 0.717) is 11.4 Å². The van der Waals surface area contributed by atoms with E-state index in [1.165, 1.54) is 4.31 Å². The van der Waals surface area contributed by atoms with Gasteiger partial charge in [0.15, 0.2) is 0 Å². The van der Waals surface area contributed by atoms with Crippen molar-refractivity contribution in [1.82, 2.24) is 4.31 Å². The zero-order valence-corrected chi connectivity index (χ0v) is 10.7. The van der Waals surface area contributed by atoms with Gasteiger partial charge >= 0.3 is 0 Å². The molecule has 0 heterocycles. The molecule has 0 saturated heterocycles. The summed E-state index contributed by atoms with van der Waals surface area (Å²) in [6.45, 7) is 4.19. The van der Waals surface area contributed by atoms with Gasteiger partial charge in [-0.2, -0.15) is 4.31 Å². The molecule has 0 spiro atoms. The quantitative estimate of drug-likeness (QED) is 0.755. The molecular formula is C12H17NO2S. The van der Waals surface area contributed by atoms with Crippen molar-refractivity contribution in [2.24, 2.45) is 0 Å². The van der Waals surface area contributed by atoms with E-state index in [4.69, 9.17) is 0 Å². The largest absolute Gasteiger partial charge is 0.243 e. The van der Waals surface area contributed by atoms with Crippen molar-refractivity contribution >= 4 is 10.0 Å². The fraction of sp³-hybridized carbons (Fsp3) is 0.333. The molecule has 0 saturated carbocycles. The fourth-order valence-corrected chi connectivity index (χ4v) is 2.36. The van der Waals surface area contributed by atoms with E-state index in [1.54, 1.807) is 31.3 Å². The van der Waals surface area contributed by atoms with E-state index in [0.717, 1.165) is 5.56 Å². The molecule has 0 aliphatic rings. The van der Waals surface area contributed by atoms with Crippen LogP contribution < -0.4 is 0 Å². The summed E-state index contributed by atoms with van der Waals surface area (Å²) < 4.78 is 25.4. The molecule has 0 aliphatic carbocycles. The monoisotopic (exact) mass is 239 g/mol. The zero-order chi connectivity index (χ0) is 12.2. The van der Waals surface area contributed by atoms with Crippen LogP contribution in [0, 0.1) is 6.92 Å². The Hall–Kier alpha value is -1.13. The first kappa shape index (κ1) is 12.9. The van der Waals surface area contributed by atoms with Gasteiger partial charge in [0, 0.05) is 13.6 Å². The molecule has 1 aromatic carbocycles. The van der Waals surface area contributed by atoms with Crippen LogP contribution in [0.3, 0.4) is 0 Å². The molecule has 0 bridgehead atoms. The minimum atomic E-state index is -3.35. The molecule has 4 heteroatoms. The lowest BCUT2D eigenvalue weighted by Crippen LogP contribution is -2.27. The fourth-order valence-electron chi connectivity index (χ4n) is 1.24. The Morgan fingerprint density at radius 1 is 1.25 bits per heavy atom. The number of hydrogen-bond acceptors (Lipinski definition) is 2. The molecule has 1 aromatic rings. The molecule has 16 heavy (non-hydrogen) atoms. The number of likely N-dealkylation sites (N-methyl/N-ethyl adjacent to an activating group) is 1. The SMILES string of the molecule is C/C=C/CN(C)S(=O)(=O)c1ccc(C)cc1. The molecule has 0 unspecified atom stereocenters. The van der Waals surface area contributed by atoms with Gasteiger partial charge in [0.2, 0.25) is 10.0 Å². The lowest BCUT2D eigenvalue weighted by molar-refractivity contribution is 0.499. The number of aryl methyl sites for hydroxylation is 1. The molecule has 1 rings (SSSR count). The summed E-state index contributed by atoms with van der Waals surface area (Å²) in [5.41, 5.74) is 1.05. The smallest absolute Gasteiger partial charge is 0.207 e. The molecule has 0 amide bonds. The van der Waals surface area contributed by atoms with Crippen LogP contribution >= 0.6 is 0 Å². The van der Waals surface area contributed by atoms with E-state index < -0.39 is 10.0 Å². The predicted octanol–water partition coefficient (Wildman–Crippen LogP) is 2.19. The summed E-state index contributed by atoms with van der Waals surface area (Å²) >= 11 is 0. The van der Waals surface area contributed by atoms with Gasteiger partial charge in [0.05, 0.1) is 4.90 Å². The van der Waals surface area contributed by atoms with Gasteiger partial charge in [-0.25, -0.2) is 8.42 Å². The van der Waals surface area contributed by atoms with Crippen LogP contribution in [0.4, 0.5) is 0 Å². The Kier molecular flexibility index (Phi) is 4.26. The van der Waals surface area contributed by atoms with Crippen molar-refractivity contribution in [1.29, 1.82) is 0 Å². The summed E-state index contributed by atoms with van der Waals surface area (Å²) in [6, 6.07) is 6.88. The summed E-state index contributed by atoms with van der Waals surface area (Å²) in [4.78, 5) is 0.338. The first-order valence-electron chi connectivity index (χ1n) is 5.12.